The van der Waals surface area contributed by atoms with Crippen LogP contribution in [0.2, 0.25) is 65.3 Å². The van der Waals surface area contributed by atoms with Crippen molar-refractivity contribution in [3.8, 4) is 69.0 Å². The van der Waals surface area contributed by atoms with Gasteiger partial charge in [0.2, 0.25) is 0 Å². The quantitative estimate of drug-likeness (QED) is 0.0687. The molecule has 0 radical (unpaired) electrons. The minimum Gasteiger partial charge on any atom is -0.507 e. The summed E-state index contributed by atoms with van der Waals surface area (Å²) in [5, 5.41) is 59.8. The molecule has 32 heteroatoms. The van der Waals surface area contributed by atoms with Crippen molar-refractivity contribution in [2.45, 2.75) is 41.5 Å². The molecule has 0 heterocycles. The maximum absolute atomic E-state index is 9.27. The fourth-order valence-corrected chi connectivity index (χ4v) is 14.3. The van der Waals surface area contributed by atoms with Crippen LogP contribution in [0.1, 0.15) is 33.4 Å². The number of phenolic OH excluding ortho intramolecular Hbond substituents is 6. The fraction of sp³-hybridized carbons (Fsp3) is 0.200. The summed E-state index contributed by atoms with van der Waals surface area (Å²) >= 11 is 95.8. The minimum atomic E-state index is -0.223. The van der Waals surface area contributed by atoms with E-state index in [1.165, 1.54) is 58.8 Å². The van der Waals surface area contributed by atoms with Gasteiger partial charge in [0.1, 0.15) is 72.6 Å². The molecule has 8 rings (SSSR count). The zero-order valence-corrected chi connectivity index (χ0v) is 71.5. The number of benzene rings is 8. The Morgan fingerprint density at radius 1 is 0.272 bits per heavy atom. The van der Waals surface area contributed by atoms with Crippen LogP contribution in [0.25, 0.3) is 0 Å². The first-order chi connectivity index (χ1) is 42.7. The van der Waals surface area contributed by atoms with Gasteiger partial charge in [0, 0.05) is 59.4 Å². The fourth-order valence-electron chi connectivity index (χ4n) is 6.31. The number of hydrogen-bond acceptors (Lipinski definition) is 12. The third kappa shape index (κ3) is 25.9. The molecule has 0 atom stereocenters. The number of phenols is 6. The monoisotopic (exact) mass is 2070 g/mol. The largest absolute Gasteiger partial charge is 0.507 e. The maximum Gasteiger partial charge on any atom is 0.159 e. The van der Waals surface area contributed by atoms with Gasteiger partial charge in [-0.2, -0.15) is 0 Å². The summed E-state index contributed by atoms with van der Waals surface area (Å²) in [6.45, 7) is 11.4. The third-order valence-corrected chi connectivity index (χ3v) is 22.5. The lowest BCUT2D eigenvalue weighted by Crippen LogP contribution is -1.89. The molecule has 0 aromatic heterocycles. The molecule has 8 aromatic carbocycles. The van der Waals surface area contributed by atoms with Crippen LogP contribution in [-0.2, 0) is 0 Å². The van der Waals surface area contributed by atoms with Crippen LogP contribution in [0.5, 0.6) is 69.0 Å². The van der Waals surface area contributed by atoms with E-state index < -0.39 is 0 Å². The molecule has 0 bridgehead atoms. The summed E-state index contributed by atoms with van der Waals surface area (Å²) in [5.74, 6) is 2.90. The molecule has 0 amide bonds. The molecule has 92 heavy (non-hydrogen) atoms. The third-order valence-electron chi connectivity index (χ3n) is 11.5. The van der Waals surface area contributed by atoms with Crippen molar-refractivity contribution in [3.05, 3.63) is 189 Å². The molecular formula is C60H52Br5Cl13I2O12. The highest BCUT2D eigenvalue weighted by Gasteiger charge is 2.17. The van der Waals surface area contributed by atoms with E-state index in [1.807, 2.05) is 46.8 Å². The smallest absolute Gasteiger partial charge is 0.159 e. The molecule has 0 aliphatic heterocycles. The first-order valence-corrected chi connectivity index (χ1v) is 35.6. The second-order valence-electron chi connectivity index (χ2n) is 17.5. The molecular weight excluding hydrogens is 2030 g/mol. The van der Waals surface area contributed by atoms with Gasteiger partial charge in [0.15, 0.2) is 11.5 Å². The van der Waals surface area contributed by atoms with Crippen molar-refractivity contribution in [2.75, 3.05) is 42.7 Å². The molecule has 0 aliphatic rings. The average molecular weight is 2080 g/mol. The highest BCUT2D eigenvalue weighted by atomic mass is 127. The van der Waals surface area contributed by atoms with Crippen LogP contribution in [0.15, 0.2) is 83.0 Å². The van der Waals surface area contributed by atoms with Gasteiger partial charge in [0.05, 0.1) is 93.4 Å². The Morgan fingerprint density at radius 3 is 1.07 bits per heavy atom. The first kappa shape index (κ1) is 89.0. The number of aromatic hydroxyl groups is 6. The summed E-state index contributed by atoms with van der Waals surface area (Å²) < 4.78 is 35.6. The predicted octanol–water partition coefficient (Wildman–Crippen LogP) is 27.1. The minimum absolute atomic E-state index is 0.0181. The Balaban J connectivity index is 0.000000526. The predicted molar refractivity (Wildman–Crippen MR) is 418 cm³/mol. The summed E-state index contributed by atoms with van der Waals surface area (Å²) in [7, 11) is 8.96. The Bertz CT molecular complexity index is 3550. The van der Waals surface area contributed by atoms with Gasteiger partial charge in [-0.05, 0) is 198 Å². The molecule has 504 valence electrons. The lowest BCUT2D eigenvalue weighted by atomic mass is 10.1. The van der Waals surface area contributed by atoms with Crippen molar-refractivity contribution in [1.29, 1.82) is 0 Å². The summed E-state index contributed by atoms with van der Waals surface area (Å²) in [6.07, 6.45) is 0. The van der Waals surface area contributed by atoms with Gasteiger partial charge in [-0.15, -0.1) is 0 Å². The zero-order chi connectivity index (χ0) is 71.3. The standard InChI is InChI=1S/C9H9Cl3.C8H7Br2Cl.C8H8Cl2O2.C7H6Br2O2.C7H6BrClO2.2C7H5Cl3O2.C7H6I2O2/c1-4-7(10)5(2)9(12)6(3)8(4)11;1-4-6(9)3-7(10)5(2)8(4)11;1-4-7(9)5(11)3-6(12-2)8(4)10;1-11-7-3-6(10)4(8)2-5(7)9;1-11-7-3-6(10)5(9)2-4(7)8;1-12-7-4(9)2-3(8)6(11)5(7)10;1-12-4-2-3(11)5(8)7(10)6(4)9;1-11-7-3-6(10)4(8)2-5(7)9/h1-3H3;3H,1-2H3;3,11H,1-2H3;2*2-3,10H,1H3;2*2,11H,1H3;2-3,10H,1H3. The number of halogens is 20. The van der Waals surface area contributed by atoms with Crippen molar-refractivity contribution in [3.63, 3.8) is 0 Å². The van der Waals surface area contributed by atoms with Crippen LogP contribution in [0.3, 0.4) is 0 Å². The van der Waals surface area contributed by atoms with Crippen LogP contribution in [0, 0.1) is 48.7 Å². The second-order valence-corrected chi connectivity index (χ2v) is 29.1. The van der Waals surface area contributed by atoms with E-state index in [2.05, 4.69) is 125 Å². The molecule has 8 aromatic rings. The summed E-state index contributed by atoms with van der Waals surface area (Å²) in [4.78, 5) is 0. The van der Waals surface area contributed by atoms with E-state index in [9.17, 15) is 25.5 Å². The van der Waals surface area contributed by atoms with Gasteiger partial charge in [-0.3, -0.25) is 0 Å². The van der Waals surface area contributed by atoms with Gasteiger partial charge in [-0.1, -0.05) is 183 Å². The molecule has 0 spiro atoms. The van der Waals surface area contributed by atoms with Gasteiger partial charge in [-0.25, -0.2) is 0 Å². The highest BCUT2D eigenvalue weighted by molar-refractivity contribution is 14.1. The van der Waals surface area contributed by atoms with Gasteiger partial charge >= 0.3 is 0 Å². The van der Waals surface area contributed by atoms with Crippen LogP contribution in [0.4, 0.5) is 0 Å². The molecule has 0 saturated heterocycles. The molecule has 0 aliphatic carbocycles. The van der Waals surface area contributed by atoms with E-state index in [0.717, 1.165) is 57.9 Å². The lowest BCUT2D eigenvalue weighted by molar-refractivity contribution is 0.404. The SMILES string of the molecule is COc1c(Cl)cc(Cl)c(O)c1Cl.COc1cc(O)c(Br)cc1Br.COc1cc(O)c(Cl)c(C)c1Cl.COc1cc(O)c(Cl)c(Cl)c1Cl.COc1cc(O)c(Cl)cc1Br.COc1cc(O)c(I)cc1I.Cc1c(Br)cc(Br)c(C)c1Cl.Cc1c(Cl)c(C)c(Cl)c(C)c1Cl. The molecule has 12 nitrogen and oxygen atoms in total. The van der Waals surface area contributed by atoms with E-state index in [0.29, 0.717) is 63.9 Å². The summed E-state index contributed by atoms with van der Waals surface area (Å²) in [6, 6.07) is 15.8. The average Bonchev–Trinajstić information content (AvgIpc) is 0.885. The van der Waals surface area contributed by atoms with E-state index in [1.54, 1.807) is 39.3 Å². The molecule has 6 N–H and O–H groups in total. The topological polar surface area (TPSA) is 177 Å². The normalized spacial score (nSPS) is 10.0. The zero-order valence-electron chi connectivity index (χ0n) is 49.5. The number of rotatable bonds is 6. The Labute approximate surface area is 668 Å². The maximum atomic E-state index is 9.27. The second kappa shape index (κ2) is 42.8. The van der Waals surface area contributed by atoms with Crippen molar-refractivity contribution < 1.29 is 59.1 Å². The number of methoxy groups -OCH3 is 6. The lowest BCUT2D eigenvalue weighted by Gasteiger charge is -2.10. The Hall–Kier alpha value is -1.01. The number of hydrogen-bond donors (Lipinski definition) is 6. The van der Waals surface area contributed by atoms with E-state index in [-0.39, 0.29) is 75.4 Å². The first-order valence-electron chi connectivity index (χ1n) is 24.6. The van der Waals surface area contributed by atoms with Gasteiger partial charge < -0.3 is 59.1 Å². The van der Waals surface area contributed by atoms with E-state index >= 15 is 0 Å². The van der Waals surface area contributed by atoms with Crippen LogP contribution < -0.4 is 28.4 Å². The molecule has 0 fully saturated rings. The Kier molecular flexibility index (Phi) is 41.4. The van der Waals surface area contributed by atoms with Crippen molar-refractivity contribution >= 4 is 276 Å². The van der Waals surface area contributed by atoms with Crippen LogP contribution in [-0.4, -0.2) is 73.3 Å². The molecule has 0 saturated carbocycles. The summed E-state index contributed by atoms with van der Waals surface area (Å²) in [5.41, 5.74) is 5.50. The van der Waals surface area contributed by atoms with Gasteiger partial charge in [0.25, 0.3) is 0 Å². The highest BCUT2D eigenvalue weighted by Crippen LogP contribution is 2.46. The molecule has 0 unspecified atom stereocenters. The van der Waals surface area contributed by atoms with Crippen molar-refractivity contribution in [1.82, 2.24) is 0 Å². The number of ether oxygens (including phenoxy) is 6. The Morgan fingerprint density at radius 2 is 0.630 bits per heavy atom. The van der Waals surface area contributed by atoms with Crippen molar-refractivity contribution in [2.24, 2.45) is 0 Å². The van der Waals surface area contributed by atoms with E-state index in [4.69, 9.17) is 184 Å². The van der Waals surface area contributed by atoms with Crippen LogP contribution >= 0.6 is 276 Å².